The molecular formula is C19H19N3O4S. The monoisotopic (exact) mass is 385 g/mol. The fraction of sp³-hybridized carbons (Fsp3) is 0.211. The minimum absolute atomic E-state index is 0.142. The second kappa shape index (κ2) is 8.59. The lowest BCUT2D eigenvalue weighted by Crippen LogP contribution is -2.22. The summed E-state index contributed by atoms with van der Waals surface area (Å²) in [5.74, 6) is 1.38. The van der Waals surface area contributed by atoms with E-state index in [1.165, 1.54) is 11.8 Å². The van der Waals surface area contributed by atoms with Gasteiger partial charge in [-0.3, -0.25) is 4.79 Å². The molecule has 0 aliphatic rings. The molecule has 2 aromatic carbocycles. The van der Waals surface area contributed by atoms with Crippen LogP contribution >= 0.6 is 11.8 Å². The molecule has 1 N–H and O–H groups in total. The van der Waals surface area contributed by atoms with E-state index in [1.54, 1.807) is 39.3 Å². The van der Waals surface area contributed by atoms with E-state index in [1.807, 2.05) is 30.3 Å². The van der Waals surface area contributed by atoms with Crippen molar-refractivity contribution in [3.63, 3.8) is 0 Å². The summed E-state index contributed by atoms with van der Waals surface area (Å²) >= 11 is 1.20. The molecule has 0 fully saturated rings. The van der Waals surface area contributed by atoms with Crippen molar-refractivity contribution in [1.82, 2.24) is 10.2 Å². The number of hydrogen-bond acceptors (Lipinski definition) is 7. The summed E-state index contributed by atoms with van der Waals surface area (Å²) < 4.78 is 16.2. The maximum Gasteiger partial charge on any atom is 0.277 e. The van der Waals surface area contributed by atoms with Gasteiger partial charge in [-0.2, -0.15) is 0 Å². The van der Waals surface area contributed by atoms with Gasteiger partial charge in [0.25, 0.3) is 5.22 Å². The van der Waals surface area contributed by atoms with E-state index in [9.17, 15) is 4.79 Å². The third-order valence-electron chi connectivity index (χ3n) is 3.73. The average Bonchev–Trinajstić information content (AvgIpc) is 3.16. The Morgan fingerprint density at radius 3 is 2.52 bits per heavy atom. The molecule has 0 unspecified atom stereocenters. The van der Waals surface area contributed by atoms with Crippen molar-refractivity contribution in [3.05, 3.63) is 48.5 Å². The van der Waals surface area contributed by atoms with Crippen molar-refractivity contribution in [2.45, 2.75) is 17.4 Å². The molecule has 0 bridgehead atoms. The first kappa shape index (κ1) is 18.8. The van der Waals surface area contributed by atoms with Gasteiger partial charge in [-0.05, 0) is 37.3 Å². The van der Waals surface area contributed by atoms with E-state index in [-0.39, 0.29) is 5.91 Å². The van der Waals surface area contributed by atoms with Gasteiger partial charge in [-0.15, -0.1) is 10.2 Å². The SMILES string of the molecule is COc1ccc(-c2nnc(S[C@H](C)C(=O)Nc3ccccc3)o2)cc1OC. The van der Waals surface area contributed by atoms with Crippen LogP contribution in [-0.2, 0) is 4.79 Å². The third kappa shape index (κ3) is 4.59. The summed E-state index contributed by atoms with van der Waals surface area (Å²) in [4.78, 5) is 12.3. The molecule has 1 atom stereocenters. The average molecular weight is 385 g/mol. The zero-order valence-corrected chi connectivity index (χ0v) is 15.9. The number of anilines is 1. The first-order valence-electron chi connectivity index (χ1n) is 8.19. The zero-order valence-electron chi connectivity index (χ0n) is 15.1. The minimum atomic E-state index is -0.399. The number of nitrogens with one attached hydrogen (secondary N) is 1. The second-order valence-corrected chi connectivity index (χ2v) is 6.85. The molecule has 1 amide bonds. The molecule has 1 aromatic heterocycles. The lowest BCUT2D eigenvalue weighted by atomic mass is 10.2. The molecule has 0 saturated carbocycles. The van der Waals surface area contributed by atoms with Crippen LogP contribution in [0.15, 0.2) is 58.2 Å². The fourth-order valence-electron chi connectivity index (χ4n) is 2.31. The molecule has 0 saturated heterocycles. The van der Waals surface area contributed by atoms with Crippen LogP contribution in [0.2, 0.25) is 0 Å². The third-order valence-corrected chi connectivity index (χ3v) is 4.66. The Morgan fingerprint density at radius 2 is 1.81 bits per heavy atom. The number of hydrogen-bond donors (Lipinski definition) is 1. The number of aromatic nitrogens is 2. The van der Waals surface area contributed by atoms with Crippen LogP contribution in [0.1, 0.15) is 6.92 Å². The number of rotatable bonds is 7. The fourth-order valence-corrected chi connectivity index (χ4v) is 3.00. The highest BCUT2D eigenvalue weighted by molar-refractivity contribution is 8.00. The predicted octanol–water partition coefficient (Wildman–Crippen LogP) is 3.87. The number of methoxy groups -OCH3 is 2. The van der Waals surface area contributed by atoms with Crippen LogP contribution in [0.3, 0.4) is 0 Å². The van der Waals surface area contributed by atoms with E-state index in [2.05, 4.69) is 15.5 Å². The summed E-state index contributed by atoms with van der Waals surface area (Å²) in [5.41, 5.74) is 1.44. The lowest BCUT2D eigenvalue weighted by molar-refractivity contribution is -0.115. The largest absolute Gasteiger partial charge is 0.493 e. The highest BCUT2D eigenvalue weighted by Crippen LogP contribution is 2.33. The van der Waals surface area contributed by atoms with E-state index in [4.69, 9.17) is 13.9 Å². The normalized spacial score (nSPS) is 11.7. The molecule has 7 nitrogen and oxygen atoms in total. The van der Waals surface area contributed by atoms with Gasteiger partial charge in [0.1, 0.15) is 0 Å². The number of benzene rings is 2. The maximum atomic E-state index is 12.3. The maximum absolute atomic E-state index is 12.3. The number of nitrogens with zero attached hydrogens (tertiary/aromatic N) is 2. The Labute approximate surface area is 161 Å². The lowest BCUT2D eigenvalue weighted by Gasteiger charge is -2.09. The van der Waals surface area contributed by atoms with Crippen LogP contribution < -0.4 is 14.8 Å². The Kier molecular flexibility index (Phi) is 5.97. The Hall–Kier alpha value is -3.00. The molecule has 8 heteroatoms. The van der Waals surface area contributed by atoms with Crippen molar-refractivity contribution in [2.75, 3.05) is 19.5 Å². The molecule has 3 rings (SSSR count). The number of amides is 1. The van der Waals surface area contributed by atoms with Crippen LogP contribution in [0.4, 0.5) is 5.69 Å². The van der Waals surface area contributed by atoms with Gasteiger partial charge in [0.2, 0.25) is 11.8 Å². The van der Waals surface area contributed by atoms with Gasteiger partial charge < -0.3 is 19.2 Å². The first-order chi connectivity index (χ1) is 13.1. The predicted molar refractivity (Wildman–Crippen MR) is 103 cm³/mol. The molecule has 0 aliphatic heterocycles. The van der Waals surface area contributed by atoms with Crippen molar-refractivity contribution in [3.8, 4) is 23.0 Å². The van der Waals surface area contributed by atoms with Gasteiger partial charge in [-0.25, -0.2) is 0 Å². The number of para-hydroxylation sites is 1. The summed E-state index contributed by atoms with van der Waals surface area (Å²) in [6.45, 7) is 1.78. The highest BCUT2D eigenvalue weighted by atomic mass is 32.2. The summed E-state index contributed by atoms with van der Waals surface area (Å²) in [6, 6.07) is 14.6. The van der Waals surface area contributed by atoms with Crippen LogP contribution in [0.25, 0.3) is 11.5 Å². The zero-order chi connectivity index (χ0) is 19.2. The smallest absolute Gasteiger partial charge is 0.277 e. The van der Waals surface area contributed by atoms with Crippen molar-refractivity contribution in [1.29, 1.82) is 0 Å². The van der Waals surface area contributed by atoms with E-state index in [0.29, 0.717) is 28.2 Å². The highest BCUT2D eigenvalue weighted by Gasteiger charge is 2.19. The standard InChI is InChI=1S/C19H19N3O4S/c1-12(17(23)20-14-7-5-4-6-8-14)27-19-22-21-18(26-19)13-9-10-15(24-2)16(11-13)25-3/h4-12H,1-3H3,(H,20,23)/t12-/m1/s1. The second-order valence-electron chi connectivity index (χ2n) is 5.56. The Balaban J connectivity index is 1.68. The number of ether oxygens (including phenoxy) is 2. The molecule has 140 valence electrons. The summed E-state index contributed by atoms with van der Waals surface area (Å²) in [7, 11) is 3.13. The number of carbonyl (C=O) groups is 1. The van der Waals surface area contributed by atoms with E-state index in [0.717, 1.165) is 5.69 Å². The van der Waals surface area contributed by atoms with Crippen LogP contribution in [0, 0.1) is 0 Å². The number of thioether (sulfide) groups is 1. The van der Waals surface area contributed by atoms with Gasteiger partial charge in [0.05, 0.1) is 19.5 Å². The molecular weight excluding hydrogens is 366 g/mol. The molecule has 0 spiro atoms. The summed E-state index contributed by atoms with van der Waals surface area (Å²) in [5, 5.41) is 10.8. The molecule has 0 aliphatic carbocycles. The van der Waals surface area contributed by atoms with Crippen LogP contribution in [0.5, 0.6) is 11.5 Å². The van der Waals surface area contributed by atoms with Crippen molar-refractivity contribution in [2.24, 2.45) is 0 Å². The molecule has 1 heterocycles. The topological polar surface area (TPSA) is 86.5 Å². The van der Waals surface area contributed by atoms with Gasteiger partial charge in [0.15, 0.2) is 11.5 Å². The minimum Gasteiger partial charge on any atom is -0.493 e. The van der Waals surface area contributed by atoms with Gasteiger partial charge in [-0.1, -0.05) is 30.0 Å². The van der Waals surface area contributed by atoms with Gasteiger partial charge >= 0.3 is 0 Å². The Bertz CT molecular complexity index is 914. The number of carbonyl (C=O) groups excluding carboxylic acids is 1. The molecule has 27 heavy (non-hydrogen) atoms. The quantitative estimate of drug-likeness (QED) is 0.618. The first-order valence-corrected chi connectivity index (χ1v) is 9.07. The van der Waals surface area contributed by atoms with Gasteiger partial charge in [0, 0.05) is 11.3 Å². The van der Waals surface area contributed by atoms with Crippen molar-refractivity contribution >= 4 is 23.4 Å². The van der Waals surface area contributed by atoms with E-state index < -0.39 is 5.25 Å². The Morgan fingerprint density at radius 1 is 1.07 bits per heavy atom. The van der Waals surface area contributed by atoms with Crippen LogP contribution in [-0.4, -0.2) is 35.6 Å². The summed E-state index contributed by atoms with van der Waals surface area (Å²) in [6.07, 6.45) is 0. The van der Waals surface area contributed by atoms with E-state index >= 15 is 0 Å². The van der Waals surface area contributed by atoms with Crippen molar-refractivity contribution < 1.29 is 18.7 Å². The molecule has 0 radical (unpaired) electrons. The molecule has 3 aromatic rings.